The van der Waals surface area contributed by atoms with Crippen molar-refractivity contribution < 1.29 is 0 Å². The zero-order chi connectivity index (χ0) is 15.9. The second-order valence-corrected chi connectivity index (χ2v) is 6.17. The minimum absolute atomic E-state index is 0. The van der Waals surface area contributed by atoms with Crippen LogP contribution in [0.25, 0.3) is 10.9 Å². The van der Waals surface area contributed by atoms with E-state index >= 15 is 0 Å². The third-order valence-electron chi connectivity index (χ3n) is 4.11. The van der Waals surface area contributed by atoms with Crippen LogP contribution in [-0.4, -0.2) is 86.9 Å². The van der Waals surface area contributed by atoms with Gasteiger partial charge in [-0.05, 0) is 63.7 Å². The number of hydrogen-bond acceptors (Lipinski definition) is 3. The van der Waals surface area contributed by atoms with Crippen LogP contribution in [0.2, 0.25) is 5.02 Å². The maximum absolute atomic E-state index is 6.04. The second kappa shape index (κ2) is 11.0. The van der Waals surface area contributed by atoms with Crippen molar-refractivity contribution in [3.05, 3.63) is 35.5 Å². The first kappa shape index (κ1) is 21.4. The van der Waals surface area contributed by atoms with E-state index in [1.807, 2.05) is 30.5 Å². The van der Waals surface area contributed by atoms with Gasteiger partial charge in [-0.15, -0.1) is 0 Å². The Balaban J connectivity index is 0.00000264. The van der Waals surface area contributed by atoms with Crippen molar-refractivity contribution in [2.75, 3.05) is 25.0 Å². The number of halogens is 1. The number of aromatic nitrogens is 1. The van der Waals surface area contributed by atoms with Crippen LogP contribution in [-0.2, 0) is 0 Å². The molecular weight excluding hydrogens is 333 g/mol. The van der Waals surface area contributed by atoms with Gasteiger partial charge in [-0.1, -0.05) is 25.4 Å². The molecule has 3 nitrogen and oxygen atoms in total. The molecule has 1 aromatic heterocycles. The van der Waals surface area contributed by atoms with Gasteiger partial charge < -0.3 is 10.2 Å². The Labute approximate surface area is 187 Å². The fraction of sp³-hybridized carbons (Fsp3) is 0.500. The third kappa shape index (κ3) is 6.61. The van der Waals surface area contributed by atoms with Gasteiger partial charge in [0.1, 0.15) is 0 Å². The first-order valence-electron chi connectivity index (χ1n) is 8.17. The molecule has 2 aromatic rings. The van der Waals surface area contributed by atoms with E-state index in [0.29, 0.717) is 6.04 Å². The number of nitrogens with one attached hydrogen (secondary N) is 1. The van der Waals surface area contributed by atoms with Gasteiger partial charge in [0.25, 0.3) is 0 Å². The van der Waals surface area contributed by atoms with Gasteiger partial charge in [0.15, 0.2) is 0 Å². The Morgan fingerprint density at radius 3 is 2.65 bits per heavy atom. The zero-order valence-corrected chi connectivity index (χ0v) is 14.5. The standard InChI is InChI=1S/C18H26ClN3.K.H/c1-4-22(5-2)12-6-7-14(3)21-17-10-11-20-18-13-15(19)8-9-16(17)18;;/h8-11,13-14H,4-7,12H2,1-3H3,(H,20,21);;. The molecular formula is C18H27ClKN3. The quantitative estimate of drug-likeness (QED) is 0.717. The van der Waals surface area contributed by atoms with E-state index in [1.54, 1.807) is 0 Å². The van der Waals surface area contributed by atoms with Crippen molar-refractivity contribution in [3.63, 3.8) is 0 Å². The number of hydrogen-bond donors (Lipinski definition) is 1. The predicted octanol–water partition coefficient (Wildman–Crippen LogP) is 4.16. The Bertz CT molecular complexity index is 602. The first-order chi connectivity index (χ1) is 10.6. The molecule has 0 radical (unpaired) electrons. The van der Waals surface area contributed by atoms with Crippen LogP contribution in [0, 0.1) is 0 Å². The van der Waals surface area contributed by atoms with E-state index in [0.717, 1.165) is 41.1 Å². The summed E-state index contributed by atoms with van der Waals surface area (Å²) in [7, 11) is 0. The number of fused-ring (bicyclic) bond motifs is 1. The van der Waals surface area contributed by atoms with Gasteiger partial charge in [-0.2, -0.15) is 0 Å². The molecule has 0 spiro atoms. The Hall–Kier alpha value is 0.316. The fourth-order valence-electron chi connectivity index (χ4n) is 2.75. The van der Waals surface area contributed by atoms with Gasteiger partial charge in [-0.3, -0.25) is 4.98 Å². The molecule has 1 N–H and O–H groups in total. The molecule has 1 unspecified atom stereocenters. The molecule has 2 rings (SSSR count). The average Bonchev–Trinajstić information content (AvgIpc) is 2.51. The van der Waals surface area contributed by atoms with Crippen LogP contribution in [0.1, 0.15) is 33.6 Å². The summed E-state index contributed by atoms with van der Waals surface area (Å²) in [4.78, 5) is 6.86. The van der Waals surface area contributed by atoms with Crippen molar-refractivity contribution in [2.45, 2.75) is 39.7 Å². The van der Waals surface area contributed by atoms with Crippen molar-refractivity contribution in [1.29, 1.82) is 0 Å². The van der Waals surface area contributed by atoms with Crippen LogP contribution in [0.15, 0.2) is 30.5 Å². The van der Waals surface area contributed by atoms with Gasteiger partial charge in [0.05, 0.1) is 5.52 Å². The van der Waals surface area contributed by atoms with E-state index < -0.39 is 0 Å². The number of pyridine rings is 1. The summed E-state index contributed by atoms with van der Waals surface area (Å²) in [5.74, 6) is 0. The summed E-state index contributed by atoms with van der Waals surface area (Å²) < 4.78 is 0. The van der Waals surface area contributed by atoms with E-state index in [1.165, 1.54) is 13.0 Å². The summed E-state index contributed by atoms with van der Waals surface area (Å²) in [6.07, 6.45) is 4.21. The van der Waals surface area contributed by atoms with E-state index in [-0.39, 0.29) is 51.4 Å². The van der Waals surface area contributed by atoms with Crippen molar-refractivity contribution in [1.82, 2.24) is 9.88 Å². The third-order valence-corrected chi connectivity index (χ3v) is 4.35. The van der Waals surface area contributed by atoms with Crippen LogP contribution in [0.5, 0.6) is 0 Å². The molecule has 1 heterocycles. The van der Waals surface area contributed by atoms with Crippen LogP contribution in [0.3, 0.4) is 0 Å². The molecule has 0 aliphatic rings. The molecule has 0 aliphatic carbocycles. The fourth-order valence-corrected chi connectivity index (χ4v) is 2.91. The molecule has 0 saturated heterocycles. The SMILES string of the molecule is CCN(CC)CCCC(C)Nc1ccnc2cc(Cl)ccc12.[KH]. The maximum atomic E-state index is 6.04. The monoisotopic (exact) mass is 359 g/mol. The van der Waals surface area contributed by atoms with Gasteiger partial charge >= 0.3 is 51.4 Å². The minimum atomic E-state index is 0. The molecule has 0 bridgehead atoms. The topological polar surface area (TPSA) is 28.2 Å². The van der Waals surface area contributed by atoms with Gasteiger partial charge in [0.2, 0.25) is 0 Å². The van der Waals surface area contributed by atoms with E-state index in [4.69, 9.17) is 11.6 Å². The number of benzene rings is 1. The summed E-state index contributed by atoms with van der Waals surface area (Å²) in [5, 5.41) is 5.47. The Morgan fingerprint density at radius 1 is 1.22 bits per heavy atom. The van der Waals surface area contributed by atoms with E-state index in [9.17, 15) is 0 Å². The molecule has 122 valence electrons. The van der Waals surface area contributed by atoms with Crippen LogP contribution >= 0.6 is 11.6 Å². The Morgan fingerprint density at radius 2 is 1.96 bits per heavy atom. The second-order valence-electron chi connectivity index (χ2n) is 5.73. The summed E-state index contributed by atoms with van der Waals surface area (Å²) in [5.41, 5.74) is 2.07. The molecule has 1 aromatic carbocycles. The van der Waals surface area contributed by atoms with Crippen molar-refractivity contribution >= 4 is 79.6 Å². The van der Waals surface area contributed by atoms with Crippen molar-refractivity contribution in [3.8, 4) is 0 Å². The van der Waals surface area contributed by atoms with Crippen LogP contribution in [0.4, 0.5) is 5.69 Å². The zero-order valence-electron chi connectivity index (χ0n) is 13.8. The summed E-state index contributed by atoms with van der Waals surface area (Å²) in [6.45, 7) is 10.1. The average molecular weight is 360 g/mol. The summed E-state index contributed by atoms with van der Waals surface area (Å²) in [6, 6.07) is 8.35. The molecule has 1 atom stereocenters. The summed E-state index contributed by atoms with van der Waals surface area (Å²) >= 11 is 6.04. The first-order valence-corrected chi connectivity index (χ1v) is 8.55. The Kier molecular flexibility index (Phi) is 10.2. The van der Waals surface area contributed by atoms with Crippen molar-refractivity contribution in [2.24, 2.45) is 0 Å². The number of anilines is 1. The van der Waals surface area contributed by atoms with Gasteiger partial charge in [-0.25, -0.2) is 0 Å². The number of nitrogens with zero attached hydrogens (tertiary/aromatic N) is 2. The molecule has 23 heavy (non-hydrogen) atoms. The van der Waals surface area contributed by atoms with Crippen LogP contribution < -0.4 is 5.32 Å². The van der Waals surface area contributed by atoms with Gasteiger partial charge in [0, 0.05) is 28.3 Å². The number of rotatable bonds is 8. The molecule has 0 amide bonds. The molecule has 0 aliphatic heterocycles. The molecule has 0 fully saturated rings. The molecule has 0 saturated carbocycles. The molecule has 5 heteroatoms. The predicted molar refractivity (Wildman–Crippen MR) is 104 cm³/mol. The normalized spacial score (nSPS) is 12.2. The van der Waals surface area contributed by atoms with E-state index in [2.05, 4.69) is 36.0 Å².